The van der Waals surface area contributed by atoms with Crippen LogP contribution in [0.3, 0.4) is 0 Å². The highest BCUT2D eigenvalue weighted by molar-refractivity contribution is 7.89. The molecule has 1 amide bonds. The van der Waals surface area contributed by atoms with Gasteiger partial charge in [-0.05, 0) is 77.9 Å². The van der Waals surface area contributed by atoms with E-state index in [4.69, 9.17) is 10.3 Å². The highest BCUT2D eigenvalue weighted by Crippen LogP contribution is 2.50. The van der Waals surface area contributed by atoms with E-state index in [1.165, 1.54) is 47.0 Å². The number of hydrogen-bond donors (Lipinski definition) is 2. The second-order valence-corrected chi connectivity index (χ2v) is 14.5. The zero-order valence-electron chi connectivity index (χ0n) is 24.8. The molecule has 0 unspecified atom stereocenters. The Morgan fingerprint density at radius 1 is 0.800 bits per heavy atom. The van der Waals surface area contributed by atoms with Crippen LogP contribution in [0.5, 0.6) is 0 Å². The molecule has 0 atom stereocenters. The van der Waals surface area contributed by atoms with Gasteiger partial charge < -0.3 is 4.90 Å². The van der Waals surface area contributed by atoms with E-state index in [1.54, 1.807) is 18.2 Å². The minimum absolute atomic E-state index is 0.0736. The number of anilines is 2. The predicted octanol–water partition coefficient (Wildman–Crippen LogP) is 4.51. The molecule has 2 aliphatic rings. The summed E-state index contributed by atoms with van der Waals surface area (Å²) in [4.78, 5) is 16.0. The topological polar surface area (TPSA) is 156 Å². The van der Waals surface area contributed by atoms with Gasteiger partial charge >= 0.3 is 0 Å². The lowest BCUT2D eigenvalue weighted by Crippen LogP contribution is -2.26. The summed E-state index contributed by atoms with van der Waals surface area (Å²) >= 11 is 0. The van der Waals surface area contributed by atoms with Crippen LogP contribution in [0.2, 0.25) is 0 Å². The number of nitrogens with two attached hydrogens (primary N) is 2. The third kappa shape index (κ3) is 5.25. The Labute approximate surface area is 262 Å². The summed E-state index contributed by atoms with van der Waals surface area (Å²) in [7, 11) is -7.86. The Morgan fingerprint density at radius 3 is 2.00 bits per heavy atom. The van der Waals surface area contributed by atoms with Crippen LogP contribution >= 0.6 is 0 Å². The molecule has 0 saturated heterocycles. The summed E-state index contributed by atoms with van der Waals surface area (Å²) in [6, 6.07) is 23.8. The Morgan fingerprint density at radius 2 is 1.40 bits per heavy atom. The van der Waals surface area contributed by atoms with Gasteiger partial charge in [-0.3, -0.25) is 4.79 Å². The molecule has 10 nitrogen and oxygen atoms in total. The first kappa shape index (κ1) is 30.4. The van der Waals surface area contributed by atoms with Gasteiger partial charge in [-0.2, -0.15) is 10.1 Å². The molecule has 4 aromatic carbocycles. The van der Waals surface area contributed by atoms with Crippen LogP contribution in [0, 0.1) is 0 Å². The van der Waals surface area contributed by atoms with Crippen LogP contribution in [-0.4, -0.2) is 35.0 Å². The smallest absolute Gasteiger partial charge is 0.281 e. The summed E-state index contributed by atoms with van der Waals surface area (Å²) in [5, 5.41) is 18.6. The van der Waals surface area contributed by atoms with E-state index in [0.29, 0.717) is 23.5 Å². The fraction of sp³-hybridized carbons (Fsp3) is 0.152. The largest absolute Gasteiger partial charge is 0.344 e. The van der Waals surface area contributed by atoms with Gasteiger partial charge in [0.25, 0.3) is 5.91 Å². The van der Waals surface area contributed by atoms with Gasteiger partial charge in [0.15, 0.2) is 0 Å². The average molecular weight is 642 g/mol. The van der Waals surface area contributed by atoms with E-state index in [9.17, 15) is 21.6 Å². The summed E-state index contributed by atoms with van der Waals surface area (Å²) in [6.07, 6.45) is 3.68. The summed E-state index contributed by atoms with van der Waals surface area (Å²) in [6.45, 7) is 7.11. The van der Waals surface area contributed by atoms with E-state index < -0.39 is 31.4 Å². The van der Waals surface area contributed by atoms with Crippen molar-refractivity contribution in [1.82, 2.24) is 0 Å². The molecule has 6 rings (SSSR count). The number of sulfonamides is 2. The van der Waals surface area contributed by atoms with Crippen molar-refractivity contribution >= 4 is 53.8 Å². The van der Waals surface area contributed by atoms with Crippen LogP contribution < -0.4 is 20.2 Å². The highest BCUT2D eigenvalue weighted by atomic mass is 32.2. The van der Waals surface area contributed by atoms with Crippen molar-refractivity contribution in [3.8, 4) is 0 Å². The Hall–Kier alpha value is -4.62. The number of hydrazone groups is 1. The highest BCUT2D eigenvalue weighted by Gasteiger charge is 2.41. The van der Waals surface area contributed by atoms with Gasteiger partial charge in [-0.15, -0.1) is 0 Å². The number of likely N-dealkylation sites (N-methyl/N-ethyl adjacent to an activating group) is 1. The number of allylic oxidation sites excluding steroid dienone is 3. The maximum Gasteiger partial charge on any atom is 0.281 e. The lowest BCUT2D eigenvalue weighted by molar-refractivity contribution is -0.114. The number of rotatable bonds is 6. The molecule has 0 fully saturated rings. The summed E-state index contributed by atoms with van der Waals surface area (Å²) in [5.41, 5.74) is 4.32. The monoisotopic (exact) mass is 641 g/mol. The molecule has 230 valence electrons. The molecule has 4 aromatic rings. The minimum Gasteiger partial charge on any atom is -0.344 e. The van der Waals surface area contributed by atoms with Crippen molar-refractivity contribution in [2.45, 2.75) is 36.0 Å². The lowest BCUT2D eigenvalue weighted by Gasteiger charge is -2.26. The molecular formula is C33H31N5O5S2. The number of carbonyl (C=O) groups is 1. The lowest BCUT2D eigenvalue weighted by atomic mass is 9.81. The standard InChI is InChI=1S/C33H31N5O5S2/c1-4-37-28-19-11-21-7-5-6-8-26(21)30(28)33(2,3)29(37)20-18-27-31(22-9-14-24(15-10-22)44(34,40)41)36-38(32(27)39)23-12-16-25(17-13-23)45(35,42)43/h5-20H,4H2,1-3H3,(H2,34,40,41)(H2,35,42,43)/b27-18-,29-20+. The average Bonchev–Trinajstić information content (AvgIpc) is 3.44. The van der Waals surface area contributed by atoms with Crippen molar-refractivity contribution < 1.29 is 21.6 Å². The van der Waals surface area contributed by atoms with Gasteiger partial charge in [0, 0.05) is 28.9 Å². The molecule has 0 spiro atoms. The Kier molecular flexibility index (Phi) is 7.28. The van der Waals surface area contributed by atoms with Gasteiger partial charge in [0.05, 0.1) is 21.1 Å². The van der Waals surface area contributed by atoms with Crippen LogP contribution in [0.1, 0.15) is 31.9 Å². The third-order valence-corrected chi connectivity index (χ3v) is 10.1. The van der Waals surface area contributed by atoms with Crippen molar-refractivity contribution in [3.05, 3.63) is 119 Å². The number of hydrogen-bond acceptors (Lipinski definition) is 7. The van der Waals surface area contributed by atoms with Gasteiger partial charge in [0.2, 0.25) is 20.0 Å². The zero-order chi connectivity index (χ0) is 32.3. The maximum atomic E-state index is 13.9. The molecule has 0 saturated carbocycles. The molecular weight excluding hydrogens is 611 g/mol. The first-order valence-corrected chi connectivity index (χ1v) is 17.2. The summed E-state index contributed by atoms with van der Waals surface area (Å²) < 4.78 is 47.3. The predicted molar refractivity (Wildman–Crippen MR) is 176 cm³/mol. The van der Waals surface area contributed by atoms with E-state index in [1.807, 2.05) is 18.2 Å². The molecule has 12 heteroatoms. The van der Waals surface area contributed by atoms with Gasteiger partial charge in [0.1, 0.15) is 5.71 Å². The van der Waals surface area contributed by atoms with Gasteiger partial charge in [-0.1, -0.05) is 56.3 Å². The molecule has 0 bridgehead atoms. The van der Waals surface area contributed by atoms with Gasteiger partial charge in [-0.25, -0.2) is 27.1 Å². The quantitative estimate of drug-likeness (QED) is 0.295. The molecule has 45 heavy (non-hydrogen) atoms. The molecule has 2 aliphatic heterocycles. The first-order valence-electron chi connectivity index (χ1n) is 14.1. The van der Waals surface area contributed by atoms with Crippen molar-refractivity contribution in [2.24, 2.45) is 15.4 Å². The number of nitrogens with zero attached hydrogens (tertiary/aromatic N) is 3. The normalized spacial score (nSPS) is 18.2. The maximum absolute atomic E-state index is 13.9. The second kappa shape index (κ2) is 10.8. The Bertz CT molecular complexity index is 2190. The molecule has 0 aromatic heterocycles. The van der Waals surface area contributed by atoms with E-state index >= 15 is 0 Å². The zero-order valence-corrected chi connectivity index (χ0v) is 26.4. The SMILES string of the molecule is CCN1/C(=C/C=C2\C(=O)N(c3ccc(S(N)(=O)=O)cc3)N=C2c2ccc(S(N)(=O)=O)cc2)C(C)(C)c2c1ccc1ccccc21. The van der Waals surface area contributed by atoms with E-state index in [0.717, 1.165) is 22.2 Å². The number of amides is 1. The van der Waals surface area contributed by atoms with Crippen LogP contribution in [0.25, 0.3) is 10.8 Å². The fourth-order valence-corrected chi connectivity index (χ4v) is 7.10. The fourth-order valence-electron chi connectivity index (χ4n) is 6.07. The second-order valence-electron chi connectivity index (χ2n) is 11.4. The third-order valence-electron chi connectivity index (χ3n) is 8.22. The first-order chi connectivity index (χ1) is 21.2. The van der Waals surface area contributed by atoms with Crippen molar-refractivity contribution in [1.29, 1.82) is 0 Å². The molecule has 4 N–H and O–H groups in total. The molecule has 0 radical (unpaired) electrons. The van der Waals surface area contributed by atoms with Crippen LogP contribution in [-0.2, 0) is 30.3 Å². The van der Waals surface area contributed by atoms with Crippen LogP contribution in [0.4, 0.5) is 11.4 Å². The summed E-state index contributed by atoms with van der Waals surface area (Å²) in [5.74, 6) is -0.442. The van der Waals surface area contributed by atoms with E-state index in [2.05, 4.69) is 55.0 Å². The van der Waals surface area contributed by atoms with Crippen molar-refractivity contribution in [3.63, 3.8) is 0 Å². The number of primary sulfonamides is 2. The van der Waals surface area contributed by atoms with Crippen molar-refractivity contribution in [2.75, 3.05) is 16.5 Å². The number of benzene rings is 4. The number of fused-ring (bicyclic) bond motifs is 3. The molecule has 0 aliphatic carbocycles. The minimum atomic E-state index is -3.93. The Balaban J connectivity index is 1.48. The number of carbonyl (C=O) groups excluding carboxylic acids is 1. The van der Waals surface area contributed by atoms with E-state index in [-0.39, 0.29) is 15.4 Å². The molecule has 2 heterocycles. The van der Waals surface area contributed by atoms with Crippen LogP contribution in [0.15, 0.2) is 123 Å².